The monoisotopic (exact) mass is 434 g/mol. The lowest BCUT2D eigenvalue weighted by molar-refractivity contribution is -0.142. The molecule has 2 heterocycles. The molecule has 2 aliphatic heterocycles. The van der Waals surface area contributed by atoms with E-state index in [2.05, 4.69) is 5.32 Å². The first kappa shape index (κ1) is 24.9. The van der Waals surface area contributed by atoms with Crippen molar-refractivity contribution < 1.29 is 19.2 Å². The summed E-state index contributed by atoms with van der Waals surface area (Å²) < 4.78 is 0. The molecule has 0 spiro atoms. The zero-order valence-corrected chi connectivity index (χ0v) is 19.4. The van der Waals surface area contributed by atoms with Gasteiger partial charge in [0.25, 0.3) is 0 Å². The molecule has 2 atom stereocenters. The van der Waals surface area contributed by atoms with Gasteiger partial charge in [-0.2, -0.15) is 0 Å². The van der Waals surface area contributed by atoms with Gasteiger partial charge in [-0.25, -0.2) is 0 Å². The summed E-state index contributed by atoms with van der Waals surface area (Å²) in [7, 11) is 1.68. The second kappa shape index (κ2) is 11.9. The third kappa shape index (κ3) is 6.55. The van der Waals surface area contributed by atoms with Crippen molar-refractivity contribution in [3.05, 3.63) is 11.6 Å². The average Bonchev–Trinajstić information content (AvgIpc) is 3.08. The van der Waals surface area contributed by atoms with Gasteiger partial charge in [-0.15, -0.1) is 0 Å². The molecule has 174 valence electrons. The first-order valence-electron chi connectivity index (χ1n) is 11.5. The molecule has 0 aromatic carbocycles. The van der Waals surface area contributed by atoms with Crippen LogP contribution in [0.15, 0.2) is 11.6 Å². The first-order chi connectivity index (χ1) is 14.8. The molecule has 0 saturated carbocycles. The molecule has 1 N–H and O–H groups in total. The SMILES string of the molecule is C/C(=C\[C@H](C(C)C)N(C)C(=O)CNC=O)C(=O)N1CCC[C@H]1C(=O)N1CCCCCC1. The van der Waals surface area contributed by atoms with Crippen LogP contribution in [0.4, 0.5) is 0 Å². The van der Waals surface area contributed by atoms with Crippen LogP contribution in [0.25, 0.3) is 0 Å². The van der Waals surface area contributed by atoms with Crippen LogP contribution in [-0.4, -0.2) is 84.1 Å². The Bertz CT molecular complexity index is 683. The lowest BCUT2D eigenvalue weighted by Crippen LogP contribution is -2.48. The molecule has 2 aliphatic rings. The van der Waals surface area contributed by atoms with Crippen LogP contribution in [-0.2, 0) is 19.2 Å². The van der Waals surface area contributed by atoms with Crippen molar-refractivity contribution in [2.45, 2.75) is 71.4 Å². The maximum Gasteiger partial charge on any atom is 0.249 e. The molecule has 0 radical (unpaired) electrons. The van der Waals surface area contributed by atoms with E-state index in [0.29, 0.717) is 24.9 Å². The lowest BCUT2D eigenvalue weighted by atomic mass is 9.99. The summed E-state index contributed by atoms with van der Waals surface area (Å²) in [5.74, 6) is -0.199. The summed E-state index contributed by atoms with van der Waals surface area (Å²) in [6, 6.07) is -0.671. The van der Waals surface area contributed by atoms with E-state index in [1.807, 2.05) is 24.8 Å². The largest absolute Gasteiger partial charge is 0.350 e. The molecule has 2 fully saturated rings. The number of hydrogen-bond acceptors (Lipinski definition) is 4. The summed E-state index contributed by atoms with van der Waals surface area (Å²) in [5.41, 5.74) is 0.539. The molecule has 8 heteroatoms. The fourth-order valence-corrected chi connectivity index (χ4v) is 4.49. The average molecular weight is 435 g/mol. The second-order valence-electron chi connectivity index (χ2n) is 8.98. The summed E-state index contributed by atoms with van der Waals surface area (Å²) in [6.45, 7) is 7.79. The van der Waals surface area contributed by atoms with Crippen molar-refractivity contribution >= 4 is 24.1 Å². The van der Waals surface area contributed by atoms with Gasteiger partial charge in [-0.1, -0.05) is 32.8 Å². The van der Waals surface area contributed by atoms with Crippen molar-refractivity contribution in [3.8, 4) is 0 Å². The molecule has 2 rings (SSSR count). The van der Waals surface area contributed by atoms with E-state index in [1.54, 1.807) is 23.8 Å². The smallest absolute Gasteiger partial charge is 0.249 e. The molecule has 0 bridgehead atoms. The fraction of sp³-hybridized carbons (Fsp3) is 0.739. The predicted molar refractivity (Wildman–Crippen MR) is 119 cm³/mol. The molecular weight excluding hydrogens is 396 g/mol. The highest BCUT2D eigenvalue weighted by Gasteiger charge is 2.37. The van der Waals surface area contributed by atoms with E-state index in [1.165, 1.54) is 0 Å². The van der Waals surface area contributed by atoms with Crippen molar-refractivity contribution in [1.82, 2.24) is 20.0 Å². The first-order valence-corrected chi connectivity index (χ1v) is 11.5. The van der Waals surface area contributed by atoms with Crippen LogP contribution < -0.4 is 5.32 Å². The van der Waals surface area contributed by atoms with Crippen LogP contribution in [0.5, 0.6) is 0 Å². The lowest BCUT2D eigenvalue weighted by Gasteiger charge is -2.31. The number of likely N-dealkylation sites (N-methyl/N-ethyl adjacent to an activating group) is 1. The van der Waals surface area contributed by atoms with Crippen molar-refractivity contribution in [2.75, 3.05) is 33.2 Å². The van der Waals surface area contributed by atoms with Gasteiger partial charge in [0.05, 0.1) is 12.6 Å². The zero-order chi connectivity index (χ0) is 23.0. The topological polar surface area (TPSA) is 90.0 Å². The minimum absolute atomic E-state index is 0.0770. The number of carbonyl (C=O) groups is 4. The van der Waals surface area contributed by atoms with Gasteiger partial charge >= 0.3 is 0 Å². The zero-order valence-electron chi connectivity index (χ0n) is 19.4. The summed E-state index contributed by atoms with van der Waals surface area (Å²) in [4.78, 5) is 54.4. The minimum atomic E-state index is -0.386. The minimum Gasteiger partial charge on any atom is -0.350 e. The maximum atomic E-state index is 13.3. The van der Waals surface area contributed by atoms with E-state index in [0.717, 1.165) is 45.2 Å². The van der Waals surface area contributed by atoms with E-state index >= 15 is 0 Å². The van der Waals surface area contributed by atoms with E-state index in [4.69, 9.17) is 0 Å². The summed E-state index contributed by atoms with van der Waals surface area (Å²) in [6.07, 6.45) is 8.22. The van der Waals surface area contributed by atoms with E-state index in [9.17, 15) is 19.2 Å². The van der Waals surface area contributed by atoms with Crippen LogP contribution in [0.2, 0.25) is 0 Å². The van der Waals surface area contributed by atoms with Gasteiger partial charge in [0, 0.05) is 32.3 Å². The maximum absolute atomic E-state index is 13.3. The number of hydrogen-bond donors (Lipinski definition) is 1. The summed E-state index contributed by atoms with van der Waals surface area (Å²) >= 11 is 0. The van der Waals surface area contributed by atoms with Gasteiger partial charge in [0.1, 0.15) is 6.04 Å². The molecule has 31 heavy (non-hydrogen) atoms. The number of nitrogens with one attached hydrogen (secondary N) is 1. The van der Waals surface area contributed by atoms with Gasteiger partial charge in [-0.05, 0) is 38.5 Å². The normalized spacial score (nSPS) is 20.9. The van der Waals surface area contributed by atoms with Gasteiger partial charge in [0.15, 0.2) is 0 Å². The van der Waals surface area contributed by atoms with Crippen LogP contribution in [0.1, 0.15) is 59.3 Å². The Balaban J connectivity index is 2.12. The Morgan fingerprint density at radius 1 is 1.06 bits per heavy atom. The predicted octanol–water partition coefficient (Wildman–Crippen LogP) is 1.56. The second-order valence-corrected chi connectivity index (χ2v) is 8.98. The Kier molecular flexibility index (Phi) is 9.52. The van der Waals surface area contributed by atoms with Crippen LogP contribution in [0, 0.1) is 5.92 Å². The number of rotatable bonds is 8. The van der Waals surface area contributed by atoms with E-state index < -0.39 is 0 Å². The van der Waals surface area contributed by atoms with Crippen molar-refractivity contribution in [2.24, 2.45) is 5.92 Å². The number of likely N-dealkylation sites (tertiary alicyclic amines) is 2. The highest BCUT2D eigenvalue weighted by Crippen LogP contribution is 2.24. The molecule has 4 amide bonds. The molecular formula is C23H38N4O4. The third-order valence-electron chi connectivity index (χ3n) is 6.33. The molecule has 0 aromatic heterocycles. The molecule has 0 aromatic rings. The Labute approximate surface area is 186 Å². The molecule has 2 saturated heterocycles. The van der Waals surface area contributed by atoms with Crippen LogP contribution in [0.3, 0.4) is 0 Å². The summed E-state index contributed by atoms with van der Waals surface area (Å²) in [5, 5.41) is 2.39. The van der Waals surface area contributed by atoms with Crippen LogP contribution >= 0.6 is 0 Å². The van der Waals surface area contributed by atoms with Crippen molar-refractivity contribution in [3.63, 3.8) is 0 Å². The standard InChI is InChI=1S/C23H38N4O4/c1-17(2)20(25(4)21(29)15-24-16-28)14-18(3)22(30)27-13-9-10-19(27)23(31)26-11-7-5-6-8-12-26/h14,16-17,19-20H,5-13,15H2,1-4H3,(H,24,28)/b18-14+/t19-,20+/m0/s1. The number of carbonyl (C=O) groups excluding carboxylic acids is 4. The third-order valence-corrected chi connectivity index (χ3v) is 6.33. The number of nitrogens with zero attached hydrogens (tertiary/aromatic N) is 3. The molecule has 0 unspecified atom stereocenters. The number of amides is 4. The Hall–Kier alpha value is -2.38. The Morgan fingerprint density at radius 2 is 1.71 bits per heavy atom. The fourth-order valence-electron chi connectivity index (χ4n) is 4.49. The highest BCUT2D eigenvalue weighted by molar-refractivity contribution is 5.97. The molecule has 8 nitrogen and oxygen atoms in total. The van der Waals surface area contributed by atoms with Gasteiger partial charge < -0.3 is 20.0 Å². The quantitative estimate of drug-likeness (QED) is 0.464. The highest BCUT2D eigenvalue weighted by atomic mass is 16.2. The molecule has 0 aliphatic carbocycles. The van der Waals surface area contributed by atoms with Crippen molar-refractivity contribution in [1.29, 1.82) is 0 Å². The van der Waals surface area contributed by atoms with Gasteiger partial charge in [-0.3, -0.25) is 19.2 Å². The van der Waals surface area contributed by atoms with E-state index in [-0.39, 0.29) is 42.3 Å². The van der Waals surface area contributed by atoms with Gasteiger partial charge in [0.2, 0.25) is 24.1 Å². The Morgan fingerprint density at radius 3 is 2.29 bits per heavy atom.